The summed E-state index contributed by atoms with van der Waals surface area (Å²) in [7, 11) is 0. The number of anilines is 3. The lowest BCUT2D eigenvalue weighted by molar-refractivity contribution is -0.137. The van der Waals surface area contributed by atoms with Crippen LogP contribution in [0.5, 0.6) is 0 Å². The number of hydrogen-bond donors (Lipinski definition) is 2. The maximum absolute atomic E-state index is 12.7. The number of nitrogens with two attached hydrogens (primary N) is 1. The molecule has 3 N–H and O–H groups in total. The second kappa shape index (κ2) is 6.24. The summed E-state index contributed by atoms with van der Waals surface area (Å²) in [5, 5.41) is 2.83. The van der Waals surface area contributed by atoms with Crippen LogP contribution < -0.4 is 11.1 Å². The van der Waals surface area contributed by atoms with Crippen LogP contribution in [-0.4, -0.2) is 24.5 Å². The number of nitrogens with one attached hydrogen (secondary N) is 1. The van der Waals surface area contributed by atoms with E-state index >= 15 is 0 Å². The van der Waals surface area contributed by atoms with Crippen LogP contribution in [0.4, 0.5) is 30.8 Å². The lowest BCUT2D eigenvalue weighted by Crippen LogP contribution is -2.09. The van der Waals surface area contributed by atoms with Crippen molar-refractivity contribution in [1.29, 1.82) is 0 Å². The number of rotatable bonds is 3. The van der Waals surface area contributed by atoms with Gasteiger partial charge in [-0.1, -0.05) is 12.1 Å². The Kier molecular flexibility index (Phi) is 3.87. The Morgan fingerprint density at radius 3 is 2.41 bits per heavy atom. The van der Waals surface area contributed by atoms with Crippen molar-refractivity contribution in [2.45, 2.75) is 6.18 Å². The summed E-state index contributed by atoms with van der Waals surface area (Å²) < 4.78 is 39.6. The zero-order valence-electron chi connectivity index (χ0n) is 13.6. The van der Waals surface area contributed by atoms with Crippen LogP contribution in [0.3, 0.4) is 0 Å². The standard InChI is InChI=1S/C17H12F3N7/c18-17(19,20)10-5-7-11(8-6-10)23-15-24-14(21)25-16(26-15)27-9-22-12-3-1-2-4-13(12)27/h1-9H,(H3,21,23,24,25,26). The normalized spacial score (nSPS) is 11.7. The molecule has 0 aliphatic rings. The molecule has 0 aliphatic carbocycles. The summed E-state index contributed by atoms with van der Waals surface area (Å²) in [6.45, 7) is 0. The first-order chi connectivity index (χ1) is 12.9. The number of aromatic nitrogens is 5. The number of nitrogen functional groups attached to an aromatic ring is 1. The molecule has 0 radical (unpaired) electrons. The Bertz CT molecular complexity index is 1100. The van der Waals surface area contributed by atoms with Crippen molar-refractivity contribution in [3.63, 3.8) is 0 Å². The highest BCUT2D eigenvalue weighted by atomic mass is 19.4. The molecular formula is C17H12F3N7. The number of halogens is 3. The van der Waals surface area contributed by atoms with Gasteiger partial charge >= 0.3 is 6.18 Å². The van der Waals surface area contributed by atoms with E-state index in [0.717, 1.165) is 23.2 Å². The van der Waals surface area contributed by atoms with Gasteiger partial charge in [-0.15, -0.1) is 0 Å². The summed E-state index contributed by atoms with van der Waals surface area (Å²) >= 11 is 0. The monoisotopic (exact) mass is 371 g/mol. The molecular weight excluding hydrogens is 359 g/mol. The van der Waals surface area contributed by atoms with E-state index in [4.69, 9.17) is 5.73 Å². The Balaban J connectivity index is 1.67. The van der Waals surface area contributed by atoms with Crippen molar-refractivity contribution in [3.05, 3.63) is 60.4 Å². The third-order valence-electron chi connectivity index (χ3n) is 3.78. The number of benzene rings is 2. The van der Waals surface area contributed by atoms with E-state index < -0.39 is 11.7 Å². The van der Waals surface area contributed by atoms with E-state index in [2.05, 4.69) is 25.3 Å². The average molecular weight is 371 g/mol. The van der Waals surface area contributed by atoms with Crippen LogP contribution in [0, 0.1) is 0 Å². The second-order valence-electron chi connectivity index (χ2n) is 5.62. The number of fused-ring (bicyclic) bond motifs is 1. The third kappa shape index (κ3) is 3.36. The lowest BCUT2D eigenvalue weighted by atomic mass is 10.2. The van der Waals surface area contributed by atoms with Crippen LogP contribution in [0.25, 0.3) is 17.0 Å². The van der Waals surface area contributed by atoms with Gasteiger partial charge < -0.3 is 11.1 Å². The van der Waals surface area contributed by atoms with E-state index in [0.29, 0.717) is 5.69 Å². The maximum atomic E-state index is 12.7. The second-order valence-corrected chi connectivity index (χ2v) is 5.62. The fraction of sp³-hybridized carbons (Fsp3) is 0.0588. The van der Waals surface area contributed by atoms with E-state index in [1.165, 1.54) is 12.1 Å². The van der Waals surface area contributed by atoms with Gasteiger partial charge in [0.2, 0.25) is 17.8 Å². The minimum absolute atomic E-state index is 0.0350. The zero-order chi connectivity index (χ0) is 19.0. The van der Waals surface area contributed by atoms with Crippen LogP contribution in [0.1, 0.15) is 5.56 Å². The molecule has 0 spiro atoms. The van der Waals surface area contributed by atoms with Gasteiger partial charge in [-0.05, 0) is 36.4 Å². The minimum Gasteiger partial charge on any atom is -0.368 e. The SMILES string of the molecule is Nc1nc(Nc2ccc(C(F)(F)F)cc2)nc(-n2cnc3ccccc32)n1. The minimum atomic E-state index is -4.40. The molecule has 2 aromatic carbocycles. The van der Waals surface area contributed by atoms with E-state index in [1.54, 1.807) is 10.9 Å². The number of para-hydroxylation sites is 2. The highest BCUT2D eigenvalue weighted by Gasteiger charge is 2.29. The van der Waals surface area contributed by atoms with Crippen LogP contribution in [0.2, 0.25) is 0 Å². The van der Waals surface area contributed by atoms with E-state index in [9.17, 15) is 13.2 Å². The Hall–Kier alpha value is -3.69. The highest BCUT2D eigenvalue weighted by molar-refractivity contribution is 5.76. The van der Waals surface area contributed by atoms with Crippen molar-refractivity contribution < 1.29 is 13.2 Å². The molecule has 136 valence electrons. The third-order valence-corrected chi connectivity index (χ3v) is 3.78. The first-order valence-electron chi connectivity index (χ1n) is 7.78. The van der Waals surface area contributed by atoms with Gasteiger partial charge in [0.15, 0.2) is 0 Å². The Labute approximate surface area is 150 Å². The molecule has 0 saturated heterocycles. The fourth-order valence-corrected chi connectivity index (χ4v) is 2.53. The predicted molar refractivity (Wildman–Crippen MR) is 93.6 cm³/mol. The maximum Gasteiger partial charge on any atom is 0.416 e. The summed E-state index contributed by atoms with van der Waals surface area (Å²) in [4.78, 5) is 16.6. The van der Waals surface area contributed by atoms with Gasteiger partial charge in [0.1, 0.15) is 6.33 Å². The highest BCUT2D eigenvalue weighted by Crippen LogP contribution is 2.30. The molecule has 0 aliphatic heterocycles. The summed E-state index contributed by atoms with van der Waals surface area (Å²) in [5.41, 5.74) is 6.94. The molecule has 0 atom stereocenters. The van der Waals surface area contributed by atoms with E-state index in [1.807, 2.05) is 24.3 Å². The number of nitrogens with zero attached hydrogens (tertiary/aromatic N) is 5. The smallest absolute Gasteiger partial charge is 0.368 e. The quantitative estimate of drug-likeness (QED) is 0.572. The molecule has 2 heterocycles. The number of imidazole rings is 1. The van der Waals surface area contributed by atoms with Crippen molar-refractivity contribution in [1.82, 2.24) is 24.5 Å². The molecule has 0 bridgehead atoms. The zero-order valence-corrected chi connectivity index (χ0v) is 13.6. The molecule has 27 heavy (non-hydrogen) atoms. The topological polar surface area (TPSA) is 94.5 Å². The first kappa shape index (κ1) is 16.8. The summed E-state index contributed by atoms with van der Waals surface area (Å²) in [6, 6.07) is 11.9. The van der Waals surface area contributed by atoms with E-state index in [-0.39, 0.29) is 17.8 Å². The predicted octanol–water partition coefficient (Wildman–Crippen LogP) is 3.56. The molecule has 2 aromatic heterocycles. The molecule has 4 aromatic rings. The first-order valence-corrected chi connectivity index (χ1v) is 7.78. The molecule has 4 rings (SSSR count). The fourth-order valence-electron chi connectivity index (χ4n) is 2.53. The van der Waals surface area contributed by atoms with Gasteiger partial charge in [-0.3, -0.25) is 4.57 Å². The van der Waals surface area contributed by atoms with Gasteiger partial charge in [0, 0.05) is 5.69 Å². The lowest BCUT2D eigenvalue weighted by Gasteiger charge is -2.10. The van der Waals surface area contributed by atoms with Gasteiger partial charge in [0.25, 0.3) is 0 Å². The Morgan fingerprint density at radius 1 is 0.926 bits per heavy atom. The van der Waals surface area contributed by atoms with Gasteiger partial charge in [-0.2, -0.15) is 28.1 Å². The molecule has 0 saturated carbocycles. The van der Waals surface area contributed by atoms with Gasteiger partial charge in [0.05, 0.1) is 16.6 Å². The van der Waals surface area contributed by atoms with Crippen LogP contribution in [0.15, 0.2) is 54.9 Å². The number of alkyl halides is 3. The Morgan fingerprint density at radius 2 is 1.67 bits per heavy atom. The van der Waals surface area contributed by atoms with Gasteiger partial charge in [-0.25, -0.2) is 4.98 Å². The van der Waals surface area contributed by atoms with Crippen molar-refractivity contribution >= 4 is 28.6 Å². The van der Waals surface area contributed by atoms with Crippen LogP contribution in [-0.2, 0) is 6.18 Å². The summed E-state index contributed by atoms with van der Waals surface area (Å²) in [6.07, 6.45) is -2.84. The number of hydrogen-bond acceptors (Lipinski definition) is 6. The molecule has 0 unspecified atom stereocenters. The largest absolute Gasteiger partial charge is 0.416 e. The summed E-state index contributed by atoms with van der Waals surface area (Å²) in [5.74, 6) is 0.313. The molecule has 0 fully saturated rings. The molecule has 10 heteroatoms. The molecule has 7 nitrogen and oxygen atoms in total. The average Bonchev–Trinajstić information content (AvgIpc) is 3.05. The van der Waals surface area contributed by atoms with Crippen molar-refractivity contribution in [2.24, 2.45) is 0 Å². The molecule has 0 amide bonds. The van der Waals surface area contributed by atoms with Crippen LogP contribution >= 0.6 is 0 Å². The van der Waals surface area contributed by atoms with Crippen molar-refractivity contribution in [2.75, 3.05) is 11.1 Å². The van der Waals surface area contributed by atoms with Crippen molar-refractivity contribution in [3.8, 4) is 5.95 Å².